The number of aliphatic hydroxyl groups is 2. The Balaban J connectivity index is 1.97. The summed E-state index contributed by atoms with van der Waals surface area (Å²) in [4.78, 5) is 0. The highest BCUT2D eigenvalue weighted by Gasteiger charge is 2.54. The van der Waals surface area contributed by atoms with E-state index in [0.29, 0.717) is 0 Å². The molecule has 1 aliphatic heterocycles. The van der Waals surface area contributed by atoms with Crippen LogP contribution in [-0.2, 0) is 4.74 Å². The molecule has 2 N–H and O–H groups in total. The number of benzene rings is 3. The van der Waals surface area contributed by atoms with E-state index in [4.69, 9.17) is 4.74 Å². The third kappa shape index (κ3) is 1.59. The molecule has 1 fully saturated rings. The summed E-state index contributed by atoms with van der Waals surface area (Å²) in [5, 5.41) is 25.4. The highest BCUT2D eigenvalue weighted by Crippen LogP contribution is 2.54. The van der Waals surface area contributed by atoms with Crippen LogP contribution in [0.1, 0.15) is 34.5 Å². The maximum atomic E-state index is 10.4. The van der Waals surface area contributed by atoms with Gasteiger partial charge in [-0.05, 0) is 57.6 Å². The third-order valence-corrected chi connectivity index (χ3v) is 5.58. The van der Waals surface area contributed by atoms with Crippen molar-refractivity contribution >= 4 is 21.5 Å². The lowest BCUT2D eigenvalue weighted by molar-refractivity contribution is 0.000104. The number of rotatable bonds is 0. The van der Waals surface area contributed by atoms with Gasteiger partial charge >= 0.3 is 0 Å². The Hall–Kier alpha value is -1.94. The summed E-state index contributed by atoms with van der Waals surface area (Å²) in [5.74, 6) is 0. The average Bonchev–Trinajstić information content (AvgIpc) is 3.37. The fraction of sp³-hybridized carbons (Fsp3) is 0.300. The Kier molecular flexibility index (Phi) is 2.54. The van der Waals surface area contributed by atoms with E-state index in [9.17, 15) is 10.2 Å². The summed E-state index contributed by atoms with van der Waals surface area (Å²) in [6.45, 7) is 4.29. The fourth-order valence-electron chi connectivity index (χ4n) is 4.31. The van der Waals surface area contributed by atoms with Gasteiger partial charge in [0.25, 0.3) is 0 Å². The summed E-state index contributed by atoms with van der Waals surface area (Å²) in [6.07, 6.45) is -2.06. The molecule has 0 aromatic heterocycles. The quantitative estimate of drug-likeness (QED) is 0.494. The molecule has 0 saturated carbocycles. The Bertz CT molecular complexity index is 976. The number of aliphatic hydroxyl groups excluding tert-OH is 2. The standard InChI is InChI=1S/C20H18O3/c1-9-11-5-3-4-6-12(11)10(2)15-13(9)7-8-14-16(15)19-20(23-19)18(22)17(14)21/h3-8,17-22H,1-2H3/t17-,18+,19+,20-/m1/s1. The maximum absolute atomic E-state index is 10.4. The van der Waals surface area contributed by atoms with Gasteiger partial charge in [-0.3, -0.25) is 0 Å². The van der Waals surface area contributed by atoms with Crippen LogP contribution in [-0.4, -0.2) is 22.4 Å². The minimum absolute atomic E-state index is 0.0913. The van der Waals surface area contributed by atoms with Crippen LogP contribution in [0, 0.1) is 13.8 Å². The third-order valence-electron chi connectivity index (χ3n) is 5.58. The second-order valence-electron chi connectivity index (χ2n) is 6.74. The highest BCUT2D eigenvalue weighted by atomic mass is 16.6. The zero-order valence-corrected chi connectivity index (χ0v) is 13.1. The molecule has 5 rings (SSSR count). The minimum Gasteiger partial charge on any atom is -0.387 e. The number of ether oxygens (including phenoxy) is 1. The number of hydrogen-bond acceptors (Lipinski definition) is 3. The lowest BCUT2D eigenvalue weighted by Gasteiger charge is -2.26. The molecule has 1 saturated heterocycles. The zero-order chi connectivity index (χ0) is 15.9. The van der Waals surface area contributed by atoms with Crippen molar-refractivity contribution in [3.05, 3.63) is 58.7 Å². The molecule has 0 amide bonds. The first-order chi connectivity index (χ1) is 11.1. The number of fused-ring (bicyclic) bond motifs is 6. The van der Waals surface area contributed by atoms with Crippen LogP contribution in [0.2, 0.25) is 0 Å². The van der Waals surface area contributed by atoms with Gasteiger partial charge in [-0.15, -0.1) is 0 Å². The molecule has 0 unspecified atom stereocenters. The fourth-order valence-corrected chi connectivity index (χ4v) is 4.31. The van der Waals surface area contributed by atoms with E-state index in [0.717, 1.165) is 11.1 Å². The Labute approximate surface area is 134 Å². The molecule has 0 bridgehead atoms. The molecule has 2 aliphatic rings. The average molecular weight is 306 g/mol. The van der Waals surface area contributed by atoms with Crippen molar-refractivity contribution in [3.8, 4) is 0 Å². The topological polar surface area (TPSA) is 53.0 Å². The molecule has 4 atom stereocenters. The van der Waals surface area contributed by atoms with Crippen molar-refractivity contribution in [2.75, 3.05) is 0 Å². The first kappa shape index (κ1) is 13.5. The molecule has 116 valence electrons. The van der Waals surface area contributed by atoms with Gasteiger partial charge in [0.2, 0.25) is 0 Å². The van der Waals surface area contributed by atoms with Crippen LogP contribution in [0.4, 0.5) is 0 Å². The van der Waals surface area contributed by atoms with Crippen molar-refractivity contribution in [2.24, 2.45) is 0 Å². The molecule has 3 nitrogen and oxygen atoms in total. The zero-order valence-electron chi connectivity index (χ0n) is 13.1. The number of aryl methyl sites for hydroxylation is 2. The van der Waals surface area contributed by atoms with E-state index in [1.54, 1.807) is 0 Å². The van der Waals surface area contributed by atoms with Gasteiger partial charge in [-0.25, -0.2) is 0 Å². The first-order valence-corrected chi connectivity index (χ1v) is 8.05. The van der Waals surface area contributed by atoms with Crippen LogP contribution >= 0.6 is 0 Å². The normalized spacial score (nSPS) is 28.7. The minimum atomic E-state index is -0.871. The SMILES string of the molecule is Cc1c2ccccc2c(C)c2c3c(ccc12)[C@@H](O)[C@H](O)[C@H]1O[C@@H]31. The van der Waals surface area contributed by atoms with Gasteiger partial charge < -0.3 is 14.9 Å². The molecule has 23 heavy (non-hydrogen) atoms. The summed E-state index contributed by atoms with van der Waals surface area (Å²) >= 11 is 0. The maximum Gasteiger partial charge on any atom is 0.118 e. The number of epoxide rings is 1. The molecule has 3 aromatic rings. The molecule has 0 radical (unpaired) electrons. The molecule has 1 heterocycles. The predicted octanol–water partition coefficient (Wildman–Crippen LogP) is 3.46. The van der Waals surface area contributed by atoms with Crippen molar-refractivity contribution in [1.29, 1.82) is 0 Å². The van der Waals surface area contributed by atoms with Crippen molar-refractivity contribution in [1.82, 2.24) is 0 Å². The molecule has 1 aliphatic carbocycles. The van der Waals surface area contributed by atoms with Gasteiger partial charge in [0, 0.05) is 0 Å². The monoisotopic (exact) mass is 306 g/mol. The summed E-state index contributed by atoms with van der Waals surface area (Å²) in [6, 6.07) is 12.5. The lowest BCUT2D eigenvalue weighted by Crippen LogP contribution is -2.29. The van der Waals surface area contributed by atoms with Crippen molar-refractivity contribution < 1.29 is 14.9 Å². The highest BCUT2D eigenvalue weighted by molar-refractivity contribution is 6.07. The molecular formula is C20H18O3. The lowest BCUT2D eigenvalue weighted by atomic mass is 9.81. The summed E-state index contributed by atoms with van der Waals surface area (Å²) in [7, 11) is 0. The molecule has 3 aromatic carbocycles. The summed E-state index contributed by atoms with van der Waals surface area (Å²) < 4.78 is 5.69. The molecule has 3 heteroatoms. The van der Waals surface area contributed by atoms with E-state index in [-0.39, 0.29) is 12.2 Å². The van der Waals surface area contributed by atoms with Crippen LogP contribution < -0.4 is 0 Å². The van der Waals surface area contributed by atoms with Gasteiger partial charge in [0.15, 0.2) is 0 Å². The van der Waals surface area contributed by atoms with Crippen LogP contribution in [0.15, 0.2) is 36.4 Å². The van der Waals surface area contributed by atoms with Gasteiger partial charge in [-0.2, -0.15) is 0 Å². The Morgan fingerprint density at radius 1 is 0.870 bits per heavy atom. The first-order valence-electron chi connectivity index (χ1n) is 8.05. The number of hydrogen-bond donors (Lipinski definition) is 2. The second-order valence-corrected chi connectivity index (χ2v) is 6.74. The molecular weight excluding hydrogens is 288 g/mol. The van der Waals surface area contributed by atoms with Crippen molar-refractivity contribution in [2.45, 2.75) is 38.3 Å². The summed E-state index contributed by atoms with van der Waals surface area (Å²) in [5.41, 5.74) is 4.34. The molecule has 0 spiro atoms. The van der Waals surface area contributed by atoms with Crippen molar-refractivity contribution in [3.63, 3.8) is 0 Å². The van der Waals surface area contributed by atoms with E-state index < -0.39 is 12.2 Å². The largest absolute Gasteiger partial charge is 0.387 e. The van der Waals surface area contributed by atoms with Gasteiger partial charge in [-0.1, -0.05) is 36.4 Å². The second kappa shape index (κ2) is 4.32. The van der Waals surface area contributed by atoms with E-state index >= 15 is 0 Å². The van der Waals surface area contributed by atoms with Gasteiger partial charge in [0.1, 0.15) is 24.4 Å². The van der Waals surface area contributed by atoms with E-state index in [1.165, 1.54) is 32.7 Å². The predicted molar refractivity (Wildman–Crippen MR) is 89.5 cm³/mol. The smallest absolute Gasteiger partial charge is 0.118 e. The van der Waals surface area contributed by atoms with Crippen LogP contribution in [0.3, 0.4) is 0 Å². The van der Waals surface area contributed by atoms with Gasteiger partial charge in [0.05, 0.1) is 0 Å². The van der Waals surface area contributed by atoms with E-state index in [2.05, 4.69) is 44.2 Å². The van der Waals surface area contributed by atoms with E-state index in [1.807, 2.05) is 6.07 Å². The van der Waals surface area contributed by atoms with Crippen LogP contribution in [0.25, 0.3) is 21.5 Å². The Morgan fingerprint density at radius 2 is 1.57 bits per heavy atom. The van der Waals surface area contributed by atoms with Crippen LogP contribution in [0.5, 0.6) is 0 Å². The Morgan fingerprint density at radius 3 is 2.30 bits per heavy atom.